The van der Waals surface area contributed by atoms with Crippen molar-refractivity contribution in [2.75, 3.05) is 6.54 Å². The number of nitrogens with zero attached hydrogens (tertiary/aromatic N) is 5. The van der Waals surface area contributed by atoms with Gasteiger partial charge in [0, 0.05) is 44.9 Å². The Labute approximate surface area is 101 Å². The van der Waals surface area contributed by atoms with Gasteiger partial charge in [-0.2, -0.15) is 10.2 Å². The molecule has 2 rings (SSSR count). The molecule has 0 amide bonds. The summed E-state index contributed by atoms with van der Waals surface area (Å²) in [4.78, 5) is 4.18. The quantitative estimate of drug-likeness (QED) is 0.750. The van der Waals surface area contributed by atoms with Gasteiger partial charge < -0.3 is 5.32 Å². The van der Waals surface area contributed by atoms with Gasteiger partial charge in [0.05, 0.1) is 6.20 Å². The first-order valence-electron chi connectivity index (χ1n) is 5.69. The molecule has 0 aliphatic rings. The van der Waals surface area contributed by atoms with Crippen molar-refractivity contribution in [1.29, 1.82) is 0 Å². The average molecular weight is 234 g/mol. The molecule has 1 N–H and O–H groups in total. The van der Waals surface area contributed by atoms with Crippen LogP contribution in [0.4, 0.5) is 0 Å². The lowest BCUT2D eigenvalue weighted by atomic mass is 10.2. The molecule has 0 aromatic carbocycles. The second-order valence-electron chi connectivity index (χ2n) is 4.14. The summed E-state index contributed by atoms with van der Waals surface area (Å²) in [5, 5.41) is 11.8. The summed E-state index contributed by atoms with van der Waals surface area (Å²) in [5.74, 6) is 0.878. The topological polar surface area (TPSA) is 60.6 Å². The van der Waals surface area contributed by atoms with Crippen molar-refractivity contribution in [1.82, 2.24) is 29.9 Å². The van der Waals surface area contributed by atoms with E-state index in [4.69, 9.17) is 0 Å². The van der Waals surface area contributed by atoms with Gasteiger partial charge in [-0.05, 0) is 6.92 Å². The van der Waals surface area contributed by atoms with E-state index in [2.05, 4.69) is 27.4 Å². The highest BCUT2D eigenvalue weighted by atomic mass is 15.3. The highest BCUT2D eigenvalue weighted by molar-refractivity contribution is 5.15. The number of nitrogens with one attached hydrogen (secondary N) is 1. The Morgan fingerprint density at radius 1 is 1.35 bits per heavy atom. The van der Waals surface area contributed by atoms with Crippen molar-refractivity contribution in [3.63, 3.8) is 0 Å². The van der Waals surface area contributed by atoms with E-state index >= 15 is 0 Å². The van der Waals surface area contributed by atoms with Gasteiger partial charge in [-0.25, -0.2) is 4.98 Å². The van der Waals surface area contributed by atoms with Crippen LogP contribution in [-0.4, -0.2) is 31.1 Å². The van der Waals surface area contributed by atoms with Crippen LogP contribution in [-0.2, 0) is 27.1 Å². The lowest BCUT2D eigenvalue weighted by Gasteiger charge is -2.02. The minimum Gasteiger partial charge on any atom is -0.312 e. The summed E-state index contributed by atoms with van der Waals surface area (Å²) in [7, 11) is 3.83. The fourth-order valence-electron chi connectivity index (χ4n) is 1.64. The minimum atomic E-state index is 0.840. The average Bonchev–Trinajstić information content (AvgIpc) is 2.84. The maximum absolute atomic E-state index is 4.23. The maximum Gasteiger partial charge on any atom is 0.151 e. The Bertz CT molecular complexity index is 484. The van der Waals surface area contributed by atoms with E-state index in [1.807, 2.05) is 25.0 Å². The SMILES string of the molecule is Cc1c(CNCCc2ncn(C)n2)cnn1C. The molecule has 0 saturated heterocycles. The van der Waals surface area contributed by atoms with Gasteiger partial charge >= 0.3 is 0 Å². The number of hydrogen-bond acceptors (Lipinski definition) is 4. The van der Waals surface area contributed by atoms with Crippen LogP contribution in [0.1, 0.15) is 17.1 Å². The normalized spacial score (nSPS) is 11.0. The number of aryl methyl sites for hydroxylation is 2. The van der Waals surface area contributed by atoms with E-state index < -0.39 is 0 Å². The number of rotatable bonds is 5. The molecular formula is C11H18N6. The Hall–Kier alpha value is -1.69. The predicted octanol–water partition coefficient (Wildman–Crippen LogP) is 0.189. The van der Waals surface area contributed by atoms with Crippen LogP contribution in [0.3, 0.4) is 0 Å². The minimum absolute atomic E-state index is 0.840. The van der Waals surface area contributed by atoms with Gasteiger partial charge in [-0.1, -0.05) is 0 Å². The largest absolute Gasteiger partial charge is 0.312 e. The summed E-state index contributed by atoms with van der Waals surface area (Å²) in [6, 6.07) is 0. The second-order valence-corrected chi connectivity index (χ2v) is 4.14. The fraction of sp³-hybridized carbons (Fsp3) is 0.545. The molecular weight excluding hydrogens is 216 g/mol. The van der Waals surface area contributed by atoms with Crippen molar-refractivity contribution < 1.29 is 0 Å². The molecule has 0 unspecified atom stereocenters. The van der Waals surface area contributed by atoms with E-state index in [0.717, 1.165) is 25.3 Å². The molecule has 6 nitrogen and oxygen atoms in total. The highest BCUT2D eigenvalue weighted by Gasteiger charge is 2.03. The Morgan fingerprint density at radius 3 is 2.76 bits per heavy atom. The molecule has 2 heterocycles. The Morgan fingerprint density at radius 2 is 2.18 bits per heavy atom. The highest BCUT2D eigenvalue weighted by Crippen LogP contribution is 2.04. The lowest BCUT2D eigenvalue weighted by molar-refractivity contribution is 0.657. The molecule has 0 saturated carbocycles. The van der Waals surface area contributed by atoms with Crippen LogP contribution in [0.2, 0.25) is 0 Å². The predicted molar refractivity (Wildman–Crippen MR) is 64.4 cm³/mol. The molecule has 2 aromatic rings. The maximum atomic E-state index is 4.23. The van der Waals surface area contributed by atoms with Crippen molar-refractivity contribution in [3.05, 3.63) is 29.6 Å². The second kappa shape index (κ2) is 5.09. The molecule has 0 spiro atoms. The fourth-order valence-corrected chi connectivity index (χ4v) is 1.64. The zero-order chi connectivity index (χ0) is 12.3. The molecule has 17 heavy (non-hydrogen) atoms. The standard InChI is InChI=1S/C11H18N6/c1-9-10(7-14-17(9)3)6-12-5-4-11-13-8-16(2)15-11/h7-8,12H,4-6H2,1-3H3. The summed E-state index contributed by atoms with van der Waals surface area (Å²) >= 11 is 0. The molecule has 0 aliphatic carbocycles. The first-order valence-corrected chi connectivity index (χ1v) is 5.69. The molecule has 0 aliphatic heterocycles. The van der Waals surface area contributed by atoms with Gasteiger partial charge in [0.15, 0.2) is 5.82 Å². The zero-order valence-electron chi connectivity index (χ0n) is 10.5. The Kier molecular flexibility index (Phi) is 3.53. The summed E-state index contributed by atoms with van der Waals surface area (Å²) in [5.41, 5.74) is 2.44. The lowest BCUT2D eigenvalue weighted by Crippen LogP contribution is -2.17. The van der Waals surface area contributed by atoms with E-state index in [0.29, 0.717) is 0 Å². The van der Waals surface area contributed by atoms with Gasteiger partial charge in [-0.15, -0.1) is 0 Å². The molecule has 2 aromatic heterocycles. The monoisotopic (exact) mass is 234 g/mol. The first-order chi connectivity index (χ1) is 8.16. The van der Waals surface area contributed by atoms with Crippen LogP contribution in [0, 0.1) is 6.92 Å². The van der Waals surface area contributed by atoms with Crippen molar-refractivity contribution in [2.45, 2.75) is 19.9 Å². The Balaban J connectivity index is 1.75. The third kappa shape index (κ3) is 2.91. The molecule has 6 heteroatoms. The molecule has 0 radical (unpaired) electrons. The van der Waals surface area contributed by atoms with Crippen molar-refractivity contribution in [3.8, 4) is 0 Å². The molecule has 0 fully saturated rings. The van der Waals surface area contributed by atoms with Crippen LogP contribution >= 0.6 is 0 Å². The first kappa shape index (κ1) is 11.8. The zero-order valence-corrected chi connectivity index (χ0v) is 10.5. The van der Waals surface area contributed by atoms with E-state index in [9.17, 15) is 0 Å². The van der Waals surface area contributed by atoms with Crippen molar-refractivity contribution >= 4 is 0 Å². The van der Waals surface area contributed by atoms with E-state index in [1.165, 1.54) is 11.3 Å². The third-order valence-electron chi connectivity index (χ3n) is 2.82. The number of hydrogen-bond donors (Lipinski definition) is 1. The number of aromatic nitrogens is 5. The third-order valence-corrected chi connectivity index (χ3v) is 2.82. The van der Waals surface area contributed by atoms with Crippen LogP contribution in [0.15, 0.2) is 12.5 Å². The molecule has 0 atom stereocenters. The van der Waals surface area contributed by atoms with Gasteiger partial charge in [0.25, 0.3) is 0 Å². The van der Waals surface area contributed by atoms with Crippen LogP contribution < -0.4 is 5.32 Å². The summed E-state index contributed by atoms with van der Waals surface area (Å²) in [6.07, 6.45) is 4.47. The van der Waals surface area contributed by atoms with Gasteiger partial charge in [0.1, 0.15) is 6.33 Å². The van der Waals surface area contributed by atoms with Crippen molar-refractivity contribution in [2.24, 2.45) is 14.1 Å². The van der Waals surface area contributed by atoms with E-state index in [-0.39, 0.29) is 0 Å². The van der Waals surface area contributed by atoms with Gasteiger partial charge in [0.2, 0.25) is 0 Å². The van der Waals surface area contributed by atoms with E-state index in [1.54, 1.807) is 11.0 Å². The van der Waals surface area contributed by atoms with Crippen LogP contribution in [0.25, 0.3) is 0 Å². The van der Waals surface area contributed by atoms with Gasteiger partial charge in [-0.3, -0.25) is 9.36 Å². The molecule has 92 valence electrons. The van der Waals surface area contributed by atoms with Crippen LogP contribution in [0.5, 0.6) is 0 Å². The smallest absolute Gasteiger partial charge is 0.151 e. The summed E-state index contributed by atoms with van der Waals surface area (Å²) < 4.78 is 3.61. The summed E-state index contributed by atoms with van der Waals surface area (Å²) in [6.45, 7) is 3.79. The molecule has 0 bridgehead atoms.